The second-order valence-electron chi connectivity index (χ2n) is 3.56. The standard InChI is InChI=1S/C8H15NO2/c10-8(5-9-6-8)7-3-1-2-4-11-7/h7,9-10H,1-6H2. The minimum absolute atomic E-state index is 0.0949. The van der Waals surface area contributed by atoms with Crippen molar-refractivity contribution in [3.8, 4) is 0 Å². The number of ether oxygens (including phenoxy) is 1. The van der Waals surface area contributed by atoms with Gasteiger partial charge in [-0.1, -0.05) is 0 Å². The van der Waals surface area contributed by atoms with Crippen LogP contribution in [-0.4, -0.2) is 36.5 Å². The molecule has 0 amide bonds. The smallest absolute Gasteiger partial charge is 0.115 e. The first-order valence-electron chi connectivity index (χ1n) is 4.36. The highest BCUT2D eigenvalue weighted by atomic mass is 16.5. The van der Waals surface area contributed by atoms with Crippen LogP contribution >= 0.6 is 0 Å². The topological polar surface area (TPSA) is 41.5 Å². The van der Waals surface area contributed by atoms with Crippen molar-refractivity contribution in [2.24, 2.45) is 0 Å². The van der Waals surface area contributed by atoms with Crippen molar-refractivity contribution in [2.45, 2.75) is 31.0 Å². The van der Waals surface area contributed by atoms with E-state index in [1.54, 1.807) is 0 Å². The van der Waals surface area contributed by atoms with Gasteiger partial charge in [-0.25, -0.2) is 0 Å². The van der Waals surface area contributed by atoms with Gasteiger partial charge in [0.1, 0.15) is 5.60 Å². The molecule has 2 fully saturated rings. The quantitative estimate of drug-likeness (QED) is 0.558. The first-order chi connectivity index (χ1) is 5.31. The second-order valence-corrected chi connectivity index (χ2v) is 3.56. The fraction of sp³-hybridized carbons (Fsp3) is 1.00. The summed E-state index contributed by atoms with van der Waals surface area (Å²) >= 11 is 0. The Balaban J connectivity index is 1.91. The van der Waals surface area contributed by atoms with Crippen molar-refractivity contribution in [1.82, 2.24) is 5.32 Å². The van der Waals surface area contributed by atoms with Crippen LogP contribution in [0.2, 0.25) is 0 Å². The highest BCUT2D eigenvalue weighted by Crippen LogP contribution is 2.26. The van der Waals surface area contributed by atoms with Crippen molar-refractivity contribution in [3.63, 3.8) is 0 Å². The molecule has 2 N–H and O–H groups in total. The molecule has 2 aliphatic heterocycles. The molecule has 3 nitrogen and oxygen atoms in total. The Bertz CT molecular complexity index is 139. The Morgan fingerprint density at radius 3 is 2.64 bits per heavy atom. The van der Waals surface area contributed by atoms with Crippen LogP contribution in [-0.2, 0) is 4.74 Å². The van der Waals surface area contributed by atoms with Crippen LogP contribution in [0.5, 0.6) is 0 Å². The third-order valence-electron chi connectivity index (χ3n) is 2.64. The monoisotopic (exact) mass is 157 g/mol. The molecule has 1 atom stereocenters. The molecule has 2 heterocycles. The normalized spacial score (nSPS) is 36.3. The Hall–Kier alpha value is -0.120. The van der Waals surface area contributed by atoms with Crippen LogP contribution in [0.3, 0.4) is 0 Å². The summed E-state index contributed by atoms with van der Waals surface area (Å²) in [6, 6.07) is 0. The lowest BCUT2D eigenvalue weighted by atomic mass is 9.86. The summed E-state index contributed by atoms with van der Waals surface area (Å²) in [6.45, 7) is 2.24. The third kappa shape index (κ3) is 1.28. The third-order valence-corrected chi connectivity index (χ3v) is 2.64. The van der Waals surface area contributed by atoms with E-state index in [1.165, 1.54) is 6.42 Å². The van der Waals surface area contributed by atoms with E-state index in [-0.39, 0.29) is 6.10 Å². The highest BCUT2D eigenvalue weighted by molar-refractivity contribution is 4.99. The number of hydrogen-bond donors (Lipinski definition) is 2. The van der Waals surface area contributed by atoms with Crippen LogP contribution in [0.15, 0.2) is 0 Å². The zero-order chi connectivity index (χ0) is 7.73. The maximum absolute atomic E-state index is 9.85. The SMILES string of the molecule is OC1(C2CCCCO2)CNC1. The minimum Gasteiger partial charge on any atom is -0.384 e. The van der Waals surface area contributed by atoms with Crippen molar-refractivity contribution >= 4 is 0 Å². The maximum atomic E-state index is 9.85. The average Bonchev–Trinajstić information content (AvgIpc) is 2.02. The summed E-state index contributed by atoms with van der Waals surface area (Å²) in [5.74, 6) is 0. The van der Waals surface area contributed by atoms with Gasteiger partial charge in [0.25, 0.3) is 0 Å². The van der Waals surface area contributed by atoms with Crippen molar-refractivity contribution in [1.29, 1.82) is 0 Å². The molecule has 0 aromatic rings. The van der Waals surface area contributed by atoms with Gasteiger partial charge in [0.2, 0.25) is 0 Å². The first-order valence-corrected chi connectivity index (χ1v) is 4.36. The number of hydrogen-bond acceptors (Lipinski definition) is 3. The van der Waals surface area contributed by atoms with E-state index in [0.717, 1.165) is 19.4 Å². The molecule has 0 aromatic carbocycles. The van der Waals surface area contributed by atoms with Gasteiger partial charge in [0.15, 0.2) is 0 Å². The Morgan fingerprint density at radius 2 is 2.18 bits per heavy atom. The van der Waals surface area contributed by atoms with E-state index in [4.69, 9.17) is 4.74 Å². The molecule has 2 aliphatic rings. The molecule has 0 aliphatic carbocycles. The number of β-amino-alcohol motifs (C(OH)–C–C–N with tert-alkyl or cyclic N) is 1. The highest BCUT2D eigenvalue weighted by Gasteiger charge is 2.43. The van der Waals surface area contributed by atoms with Gasteiger partial charge in [-0.3, -0.25) is 0 Å². The molecule has 64 valence electrons. The fourth-order valence-corrected chi connectivity index (χ4v) is 1.77. The predicted octanol–water partition coefficient (Wildman–Crippen LogP) is -0.110. The lowest BCUT2D eigenvalue weighted by molar-refractivity contribution is -0.149. The molecule has 0 aromatic heterocycles. The van der Waals surface area contributed by atoms with E-state index in [2.05, 4.69) is 5.32 Å². The molecule has 1 unspecified atom stereocenters. The Labute approximate surface area is 66.7 Å². The molecule has 2 saturated heterocycles. The van der Waals surface area contributed by atoms with Crippen molar-refractivity contribution in [3.05, 3.63) is 0 Å². The van der Waals surface area contributed by atoms with Gasteiger partial charge in [0, 0.05) is 19.7 Å². The van der Waals surface area contributed by atoms with E-state index < -0.39 is 5.60 Å². The lowest BCUT2D eigenvalue weighted by Gasteiger charge is -2.44. The first kappa shape index (κ1) is 7.53. The fourth-order valence-electron chi connectivity index (χ4n) is 1.77. The molecule has 2 rings (SSSR count). The van der Waals surface area contributed by atoms with Crippen LogP contribution in [0.25, 0.3) is 0 Å². The molecule has 0 spiro atoms. The summed E-state index contributed by atoms with van der Waals surface area (Å²) in [7, 11) is 0. The van der Waals surface area contributed by atoms with Gasteiger partial charge >= 0.3 is 0 Å². The van der Waals surface area contributed by atoms with E-state index >= 15 is 0 Å². The minimum atomic E-state index is -0.541. The summed E-state index contributed by atoms with van der Waals surface area (Å²) in [4.78, 5) is 0. The maximum Gasteiger partial charge on any atom is 0.115 e. The van der Waals surface area contributed by atoms with Crippen LogP contribution < -0.4 is 5.32 Å². The summed E-state index contributed by atoms with van der Waals surface area (Å²) in [6.07, 6.45) is 3.48. The molecule has 3 heteroatoms. The predicted molar refractivity (Wildman–Crippen MR) is 41.4 cm³/mol. The molecule has 0 bridgehead atoms. The van der Waals surface area contributed by atoms with Crippen molar-refractivity contribution < 1.29 is 9.84 Å². The molecule has 0 saturated carbocycles. The van der Waals surface area contributed by atoms with E-state index in [0.29, 0.717) is 13.1 Å². The van der Waals surface area contributed by atoms with Gasteiger partial charge in [0.05, 0.1) is 6.10 Å². The van der Waals surface area contributed by atoms with Crippen LogP contribution in [0.4, 0.5) is 0 Å². The molecule has 0 radical (unpaired) electrons. The van der Waals surface area contributed by atoms with E-state index in [9.17, 15) is 5.11 Å². The Morgan fingerprint density at radius 1 is 1.36 bits per heavy atom. The summed E-state index contributed by atoms with van der Waals surface area (Å²) in [5.41, 5.74) is -0.541. The van der Waals surface area contributed by atoms with Gasteiger partial charge < -0.3 is 15.2 Å². The van der Waals surface area contributed by atoms with Gasteiger partial charge in [-0.2, -0.15) is 0 Å². The second kappa shape index (κ2) is 2.73. The number of nitrogens with one attached hydrogen (secondary N) is 1. The molecular formula is C8H15NO2. The van der Waals surface area contributed by atoms with E-state index in [1.807, 2.05) is 0 Å². The van der Waals surface area contributed by atoms with Crippen LogP contribution in [0, 0.1) is 0 Å². The zero-order valence-corrected chi connectivity index (χ0v) is 6.68. The molecular weight excluding hydrogens is 142 g/mol. The number of aliphatic hydroxyl groups is 1. The zero-order valence-electron chi connectivity index (χ0n) is 6.68. The van der Waals surface area contributed by atoms with Gasteiger partial charge in [-0.15, -0.1) is 0 Å². The summed E-state index contributed by atoms with van der Waals surface area (Å²) < 4.78 is 5.49. The van der Waals surface area contributed by atoms with Crippen molar-refractivity contribution in [2.75, 3.05) is 19.7 Å². The van der Waals surface area contributed by atoms with Crippen LogP contribution in [0.1, 0.15) is 19.3 Å². The summed E-state index contributed by atoms with van der Waals surface area (Å²) in [5, 5.41) is 12.9. The Kier molecular flexibility index (Phi) is 1.87. The molecule has 11 heavy (non-hydrogen) atoms. The largest absolute Gasteiger partial charge is 0.384 e. The number of rotatable bonds is 1. The average molecular weight is 157 g/mol. The lowest BCUT2D eigenvalue weighted by Crippen LogP contribution is -2.66. The van der Waals surface area contributed by atoms with Gasteiger partial charge in [-0.05, 0) is 19.3 Å².